The monoisotopic (exact) mass is 250 g/mol. The zero-order chi connectivity index (χ0) is 12.5. The van der Waals surface area contributed by atoms with E-state index in [0.717, 1.165) is 3.97 Å². The summed E-state index contributed by atoms with van der Waals surface area (Å²) in [6, 6.07) is 10.0. The van der Waals surface area contributed by atoms with E-state index in [0.29, 0.717) is 5.56 Å². The molecule has 0 unspecified atom stereocenters. The van der Waals surface area contributed by atoms with Crippen molar-refractivity contribution in [1.82, 2.24) is 3.97 Å². The van der Waals surface area contributed by atoms with Crippen LogP contribution in [-0.2, 0) is 10.2 Å². The zero-order valence-electron chi connectivity index (χ0n) is 8.78. The first-order valence-electron chi connectivity index (χ1n) is 4.79. The van der Waals surface area contributed by atoms with Gasteiger partial charge in [0.2, 0.25) is 0 Å². The normalized spacial score (nSPS) is 11.4. The topological polar surface area (TPSA) is 82.2 Å². The molecule has 0 aliphatic heterocycles. The van der Waals surface area contributed by atoms with Crippen molar-refractivity contribution >= 4 is 16.0 Å². The van der Waals surface area contributed by atoms with Crippen LogP contribution in [0.3, 0.4) is 0 Å². The van der Waals surface area contributed by atoms with Gasteiger partial charge in [-0.2, -0.15) is 8.42 Å². The van der Waals surface area contributed by atoms with Crippen molar-refractivity contribution in [3.05, 3.63) is 59.9 Å². The first kappa shape index (κ1) is 11.6. The fraction of sp³-hybridized carbons (Fsp3) is 0. The summed E-state index contributed by atoms with van der Waals surface area (Å²) in [4.78, 5) is 11.9. The van der Waals surface area contributed by atoms with Gasteiger partial charge in [-0.1, -0.05) is 30.3 Å². The van der Waals surface area contributed by atoms with Crippen LogP contribution in [0.4, 0.5) is 0 Å². The summed E-state index contributed by atoms with van der Waals surface area (Å²) in [6.45, 7) is 0. The molecule has 0 amide bonds. The maximum Gasteiger partial charge on any atom is 0.302 e. The third-order valence-corrected chi connectivity index (χ3v) is 3.07. The van der Waals surface area contributed by atoms with Crippen LogP contribution in [-0.4, -0.2) is 18.2 Å². The van der Waals surface area contributed by atoms with Gasteiger partial charge in [0.15, 0.2) is 5.78 Å². The van der Waals surface area contributed by atoms with Crippen molar-refractivity contribution in [2.75, 3.05) is 0 Å². The Labute approximate surface area is 98.7 Å². The lowest BCUT2D eigenvalue weighted by molar-refractivity contribution is 0.103. The summed E-state index contributed by atoms with van der Waals surface area (Å²) in [6.07, 6.45) is 2.44. The maximum atomic E-state index is 11.9. The number of carbonyl (C=O) groups excluding carboxylic acids is 1. The molecule has 1 aromatic carbocycles. The van der Waals surface area contributed by atoms with Crippen LogP contribution in [0.2, 0.25) is 0 Å². The van der Waals surface area contributed by atoms with E-state index in [9.17, 15) is 13.2 Å². The van der Waals surface area contributed by atoms with Gasteiger partial charge < -0.3 is 0 Å². The van der Waals surface area contributed by atoms with Crippen molar-refractivity contribution < 1.29 is 13.2 Å². The third-order valence-electron chi connectivity index (χ3n) is 2.26. The molecule has 6 heteroatoms. The molecule has 0 bridgehead atoms. The number of aromatic nitrogens is 1. The second-order valence-electron chi connectivity index (χ2n) is 3.47. The minimum Gasteiger partial charge on any atom is -0.289 e. The predicted octanol–water partition coefficient (Wildman–Crippen LogP) is 0.771. The molecule has 0 aliphatic carbocycles. The molecule has 2 rings (SSSR count). The Morgan fingerprint density at radius 3 is 2.24 bits per heavy atom. The Morgan fingerprint density at radius 2 is 1.71 bits per heavy atom. The minimum atomic E-state index is -3.83. The van der Waals surface area contributed by atoms with Gasteiger partial charge in [-0.05, 0) is 6.07 Å². The second kappa shape index (κ2) is 4.15. The first-order valence-corrected chi connectivity index (χ1v) is 6.30. The molecule has 2 N–H and O–H groups in total. The lowest BCUT2D eigenvalue weighted by Crippen LogP contribution is -2.20. The van der Waals surface area contributed by atoms with E-state index in [4.69, 9.17) is 5.14 Å². The fourth-order valence-electron chi connectivity index (χ4n) is 1.43. The number of ketones is 1. The van der Waals surface area contributed by atoms with Crippen molar-refractivity contribution in [3.63, 3.8) is 0 Å². The number of rotatable bonds is 3. The van der Waals surface area contributed by atoms with Gasteiger partial charge in [0, 0.05) is 23.5 Å². The molecule has 0 atom stereocenters. The Bertz CT molecular complexity index is 644. The average molecular weight is 250 g/mol. The Balaban J connectivity index is 2.37. The van der Waals surface area contributed by atoms with Gasteiger partial charge in [0.1, 0.15) is 0 Å². The molecule has 88 valence electrons. The van der Waals surface area contributed by atoms with Gasteiger partial charge in [-0.3, -0.25) is 4.79 Å². The predicted molar refractivity (Wildman–Crippen MR) is 62.8 cm³/mol. The number of nitrogens with two attached hydrogens (primary N) is 1. The molecule has 0 fully saturated rings. The quantitative estimate of drug-likeness (QED) is 0.817. The summed E-state index contributed by atoms with van der Waals surface area (Å²) in [5.41, 5.74) is 0.782. The molecule has 0 radical (unpaired) electrons. The second-order valence-corrected chi connectivity index (χ2v) is 4.92. The first-order chi connectivity index (χ1) is 7.98. The molecule has 1 heterocycles. The molecule has 5 nitrogen and oxygen atoms in total. The SMILES string of the molecule is NS(=O)(=O)n1ccc(C(=O)c2ccccc2)c1. The van der Waals surface area contributed by atoms with Crippen LogP contribution < -0.4 is 5.14 Å². The van der Waals surface area contributed by atoms with Crippen LogP contribution in [0.25, 0.3) is 0 Å². The van der Waals surface area contributed by atoms with E-state index in [1.165, 1.54) is 18.5 Å². The molecule has 0 spiro atoms. The molecule has 0 saturated heterocycles. The van der Waals surface area contributed by atoms with Crippen LogP contribution in [0.5, 0.6) is 0 Å². The van der Waals surface area contributed by atoms with E-state index < -0.39 is 10.2 Å². The van der Waals surface area contributed by atoms with E-state index in [2.05, 4.69) is 0 Å². The zero-order valence-corrected chi connectivity index (χ0v) is 9.59. The number of benzene rings is 1. The van der Waals surface area contributed by atoms with Crippen molar-refractivity contribution in [1.29, 1.82) is 0 Å². The van der Waals surface area contributed by atoms with Crippen LogP contribution in [0, 0.1) is 0 Å². The van der Waals surface area contributed by atoms with Gasteiger partial charge in [0.05, 0.1) is 0 Å². The summed E-state index contributed by atoms with van der Waals surface area (Å²) in [5, 5.41) is 4.93. The minimum absolute atomic E-state index is 0.243. The van der Waals surface area contributed by atoms with Crippen LogP contribution >= 0.6 is 0 Å². The molecular weight excluding hydrogens is 240 g/mol. The van der Waals surface area contributed by atoms with Crippen LogP contribution in [0.1, 0.15) is 15.9 Å². The summed E-state index contributed by atoms with van der Waals surface area (Å²) in [5.74, 6) is -0.243. The summed E-state index contributed by atoms with van der Waals surface area (Å²) in [7, 11) is -3.83. The lowest BCUT2D eigenvalue weighted by Gasteiger charge is -1.98. The van der Waals surface area contributed by atoms with Gasteiger partial charge >= 0.3 is 10.2 Å². The third kappa shape index (κ3) is 2.43. The fourth-order valence-corrected chi connectivity index (χ4v) is 1.92. The molecule has 1 aromatic heterocycles. The van der Waals surface area contributed by atoms with E-state index in [-0.39, 0.29) is 11.3 Å². The molecular formula is C11H10N2O3S. The van der Waals surface area contributed by atoms with Gasteiger partial charge in [0.25, 0.3) is 0 Å². The summed E-state index contributed by atoms with van der Waals surface area (Å²) < 4.78 is 22.9. The van der Waals surface area contributed by atoms with Crippen molar-refractivity contribution in [3.8, 4) is 0 Å². The van der Waals surface area contributed by atoms with Crippen LogP contribution in [0.15, 0.2) is 48.8 Å². The highest BCUT2D eigenvalue weighted by Gasteiger charge is 2.13. The number of nitrogens with zero attached hydrogens (tertiary/aromatic N) is 1. The van der Waals surface area contributed by atoms with E-state index in [1.54, 1.807) is 30.3 Å². The van der Waals surface area contributed by atoms with Gasteiger partial charge in [-0.25, -0.2) is 9.11 Å². The molecule has 2 aromatic rings. The number of hydrogen-bond acceptors (Lipinski definition) is 3. The van der Waals surface area contributed by atoms with Crippen molar-refractivity contribution in [2.45, 2.75) is 0 Å². The highest BCUT2D eigenvalue weighted by Crippen LogP contribution is 2.10. The number of carbonyl (C=O) groups is 1. The molecule has 0 aliphatic rings. The lowest BCUT2D eigenvalue weighted by atomic mass is 10.1. The molecule has 0 saturated carbocycles. The standard InChI is InChI=1S/C11H10N2O3S/c12-17(15,16)13-7-6-10(8-13)11(14)9-4-2-1-3-5-9/h1-8H,(H2,12,15,16). The maximum absolute atomic E-state index is 11.9. The Hall–Kier alpha value is -1.92. The highest BCUT2D eigenvalue weighted by molar-refractivity contribution is 7.87. The van der Waals surface area contributed by atoms with E-state index >= 15 is 0 Å². The Morgan fingerprint density at radius 1 is 1.06 bits per heavy atom. The largest absolute Gasteiger partial charge is 0.302 e. The van der Waals surface area contributed by atoms with Gasteiger partial charge in [-0.15, -0.1) is 0 Å². The smallest absolute Gasteiger partial charge is 0.289 e. The molecule has 17 heavy (non-hydrogen) atoms. The van der Waals surface area contributed by atoms with Crippen molar-refractivity contribution in [2.24, 2.45) is 5.14 Å². The average Bonchev–Trinajstić information content (AvgIpc) is 2.78. The number of hydrogen-bond donors (Lipinski definition) is 1. The van der Waals surface area contributed by atoms with E-state index in [1.807, 2.05) is 0 Å². The summed E-state index contributed by atoms with van der Waals surface area (Å²) >= 11 is 0. The Kier molecular flexibility index (Phi) is 2.83. The highest BCUT2D eigenvalue weighted by atomic mass is 32.2.